The summed E-state index contributed by atoms with van der Waals surface area (Å²) in [5, 5.41) is 2.67. The zero-order valence-corrected chi connectivity index (χ0v) is 20.2. The van der Waals surface area contributed by atoms with Crippen molar-refractivity contribution in [2.45, 2.75) is 30.0 Å². The molecule has 0 spiro atoms. The topological polar surface area (TPSA) is 85.4 Å². The molecule has 0 aliphatic rings. The predicted molar refractivity (Wildman–Crippen MR) is 136 cm³/mol. The lowest BCUT2D eigenvalue weighted by atomic mass is 10.1. The Hall–Kier alpha value is -3.49. The van der Waals surface area contributed by atoms with Gasteiger partial charge in [0.15, 0.2) is 16.2 Å². The van der Waals surface area contributed by atoms with E-state index in [1.165, 1.54) is 13.8 Å². The fourth-order valence-electron chi connectivity index (χ4n) is 3.14. The number of rotatable bonds is 8. The molecule has 0 aliphatic carbocycles. The summed E-state index contributed by atoms with van der Waals surface area (Å²) in [6.07, 6.45) is -0.997. The van der Waals surface area contributed by atoms with Gasteiger partial charge in [0.2, 0.25) is 0 Å². The molecule has 34 heavy (non-hydrogen) atoms. The molecule has 4 rings (SSSR count). The number of ketones is 1. The third-order valence-electron chi connectivity index (χ3n) is 5.02. The van der Waals surface area contributed by atoms with Crippen molar-refractivity contribution in [2.24, 2.45) is 0 Å². The number of esters is 1. The number of ether oxygens (including phenoxy) is 1. The van der Waals surface area contributed by atoms with Gasteiger partial charge >= 0.3 is 5.97 Å². The van der Waals surface area contributed by atoms with Crippen molar-refractivity contribution in [1.29, 1.82) is 0 Å². The number of thioether (sulfide) groups is 1. The number of anilines is 1. The molecule has 0 bridgehead atoms. The van der Waals surface area contributed by atoms with Crippen molar-refractivity contribution in [1.82, 2.24) is 4.98 Å². The molecule has 1 N–H and O–H groups in total. The van der Waals surface area contributed by atoms with E-state index in [4.69, 9.17) is 4.74 Å². The van der Waals surface area contributed by atoms with Crippen LogP contribution in [0.4, 0.5) is 5.69 Å². The van der Waals surface area contributed by atoms with E-state index < -0.39 is 18.0 Å². The highest BCUT2D eigenvalue weighted by atomic mass is 32.2. The third-order valence-corrected chi connectivity index (χ3v) is 7.27. The van der Waals surface area contributed by atoms with Gasteiger partial charge in [-0.2, -0.15) is 0 Å². The highest BCUT2D eigenvalue weighted by molar-refractivity contribution is 8.00. The SMILES string of the molecule is CC(=O)c1cccc(NC(=O)[C@H](C)OC(=O)c2ccc(CSc3nc4ccccc4s3)cc2)c1. The molecule has 8 heteroatoms. The Kier molecular flexibility index (Phi) is 7.40. The van der Waals surface area contributed by atoms with E-state index in [0.717, 1.165) is 25.9 Å². The molecule has 0 saturated carbocycles. The molecule has 1 amide bonds. The number of aromatic nitrogens is 1. The summed E-state index contributed by atoms with van der Waals surface area (Å²) in [4.78, 5) is 41.0. The molecule has 1 aromatic heterocycles. The van der Waals surface area contributed by atoms with Crippen LogP contribution >= 0.6 is 23.1 Å². The second-order valence-corrected chi connectivity index (χ2v) is 9.86. The summed E-state index contributed by atoms with van der Waals surface area (Å²) < 4.78 is 7.48. The lowest BCUT2D eigenvalue weighted by molar-refractivity contribution is -0.123. The van der Waals surface area contributed by atoms with Gasteiger partial charge in [-0.05, 0) is 55.8 Å². The highest BCUT2D eigenvalue weighted by Gasteiger charge is 2.19. The molecule has 1 atom stereocenters. The second-order valence-electron chi connectivity index (χ2n) is 7.61. The number of Topliss-reactive ketones (excluding diaryl/α,β-unsaturated/α-hetero) is 1. The number of para-hydroxylation sites is 1. The third kappa shape index (κ3) is 5.89. The fourth-order valence-corrected chi connectivity index (χ4v) is 5.16. The van der Waals surface area contributed by atoms with E-state index in [1.807, 2.05) is 30.3 Å². The maximum atomic E-state index is 12.5. The average molecular weight is 491 g/mol. The van der Waals surface area contributed by atoms with E-state index in [1.54, 1.807) is 59.5 Å². The Morgan fingerprint density at radius 3 is 2.50 bits per heavy atom. The molecular formula is C26H22N2O4S2. The zero-order chi connectivity index (χ0) is 24.1. The van der Waals surface area contributed by atoms with Gasteiger partial charge in [-0.1, -0.05) is 48.2 Å². The Morgan fingerprint density at radius 1 is 1.00 bits per heavy atom. The zero-order valence-electron chi connectivity index (χ0n) is 18.6. The van der Waals surface area contributed by atoms with Gasteiger partial charge in [0.1, 0.15) is 0 Å². The van der Waals surface area contributed by atoms with Crippen LogP contribution in [0.2, 0.25) is 0 Å². The van der Waals surface area contributed by atoms with Crippen LogP contribution in [-0.2, 0) is 15.3 Å². The minimum Gasteiger partial charge on any atom is -0.449 e. The summed E-state index contributed by atoms with van der Waals surface area (Å²) in [6, 6.07) is 21.8. The highest BCUT2D eigenvalue weighted by Crippen LogP contribution is 2.31. The average Bonchev–Trinajstić information content (AvgIpc) is 3.26. The molecule has 172 valence electrons. The smallest absolute Gasteiger partial charge is 0.338 e. The normalized spacial score (nSPS) is 11.7. The number of amides is 1. The van der Waals surface area contributed by atoms with Gasteiger partial charge in [-0.3, -0.25) is 9.59 Å². The van der Waals surface area contributed by atoms with Crippen molar-refractivity contribution < 1.29 is 19.1 Å². The molecular weight excluding hydrogens is 468 g/mol. The Morgan fingerprint density at radius 2 is 1.76 bits per heavy atom. The molecule has 0 aliphatic heterocycles. The first-order chi connectivity index (χ1) is 16.4. The molecule has 6 nitrogen and oxygen atoms in total. The van der Waals surface area contributed by atoms with Crippen molar-refractivity contribution in [3.05, 3.63) is 89.5 Å². The van der Waals surface area contributed by atoms with Gasteiger partial charge < -0.3 is 10.1 Å². The van der Waals surface area contributed by atoms with Gasteiger partial charge in [-0.25, -0.2) is 9.78 Å². The maximum Gasteiger partial charge on any atom is 0.338 e. The lowest BCUT2D eigenvalue weighted by Crippen LogP contribution is -2.30. The number of hydrogen-bond acceptors (Lipinski definition) is 7. The summed E-state index contributed by atoms with van der Waals surface area (Å²) in [5.41, 5.74) is 3.38. The van der Waals surface area contributed by atoms with Crippen LogP contribution < -0.4 is 5.32 Å². The van der Waals surface area contributed by atoms with Gasteiger partial charge in [0.05, 0.1) is 15.8 Å². The summed E-state index contributed by atoms with van der Waals surface area (Å²) in [7, 11) is 0. The number of nitrogens with one attached hydrogen (secondary N) is 1. The van der Waals surface area contributed by atoms with Crippen LogP contribution in [0.3, 0.4) is 0 Å². The van der Waals surface area contributed by atoms with Gasteiger partial charge in [0, 0.05) is 17.0 Å². The van der Waals surface area contributed by atoms with Crippen LogP contribution in [0.5, 0.6) is 0 Å². The molecule has 0 unspecified atom stereocenters. The minimum atomic E-state index is -0.997. The Balaban J connectivity index is 1.30. The molecule has 0 saturated heterocycles. The molecule has 3 aromatic carbocycles. The number of hydrogen-bond donors (Lipinski definition) is 1. The first kappa shape index (κ1) is 23.7. The van der Waals surface area contributed by atoms with Gasteiger partial charge in [-0.15, -0.1) is 11.3 Å². The number of fused-ring (bicyclic) bond motifs is 1. The van der Waals surface area contributed by atoms with E-state index in [0.29, 0.717) is 16.8 Å². The van der Waals surface area contributed by atoms with Crippen molar-refractivity contribution >= 4 is 56.7 Å². The number of thiazole rings is 1. The Bertz CT molecular complexity index is 1320. The quantitative estimate of drug-likeness (QED) is 0.186. The summed E-state index contributed by atoms with van der Waals surface area (Å²) in [6.45, 7) is 2.96. The number of nitrogens with zero attached hydrogens (tertiary/aromatic N) is 1. The number of benzene rings is 3. The maximum absolute atomic E-state index is 12.5. The van der Waals surface area contributed by atoms with Crippen molar-refractivity contribution in [3.63, 3.8) is 0 Å². The first-order valence-corrected chi connectivity index (χ1v) is 12.4. The predicted octanol–water partition coefficient (Wildman–Crippen LogP) is 5.98. The van der Waals surface area contributed by atoms with Crippen LogP contribution in [0.15, 0.2) is 77.1 Å². The van der Waals surface area contributed by atoms with Gasteiger partial charge in [0.25, 0.3) is 5.91 Å². The van der Waals surface area contributed by atoms with Crippen molar-refractivity contribution in [2.75, 3.05) is 5.32 Å². The Labute approximate surface area is 205 Å². The van der Waals surface area contributed by atoms with E-state index in [-0.39, 0.29) is 5.78 Å². The standard InChI is InChI=1S/C26H22N2O4S2/c1-16(29)20-6-5-7-21(14-20)27-24(30)17(2)32-25(31)19-12-10-18(11-13-19)15-33-26-28-22-8-3-4-9-23(22)34-26/h3-14,17H,15H2,1-2H3,(H,27,30)/t17-/m0/s1. The molecule has 0 fully saturated rings. The minimum absolute atomic E-state index is 0.0995. The van der Waals surface area contributed by atoms with Crippen LogP contribution in [-0.4, -0.2) is 28.7 Å². The van der Waals surface area contributed by atoms with Crippen LogP contribution in [0, 0.1) is 0 Å². The fraction of sp³-hybridized carbons (Fsp3) is 0.154. The molecule has 1 heterocycles. The van der Waals surface area contributed by atoms with E-state index in [2.05, 4.69) is 16.4 Å². The monoisotopic (exact) mass is 490 g/mol. The lowest BCUT2D eigenvalue weighted by Gasteiger charge is -2.14. The van der Waals surface area contributed by atoms with Crippen LogP contribution in [0.1, 0.15) is 40.1 Å². The molecule has 4 aromatic rings. The first-order valence-electron chi connectivity index (χ1n) is 10.6. The second kappa shape index (κ2) is 10.6. The summed E-state index contributed by atoms with van der Waals surface area (Å²) in [5.74, 6) is -0.422. The number of carbonyl (C=O) groups excluding carboxylic acids is 3. The van der Waals surface area contributed by atoms with E-state index >= 15 is 0 Å². The van der Waals surface area contributed by atoms with Crippen molar-refractivity contribution in [3.8, 4) is 0 Å². The number of carbonyl (C=O) groups is 3. The van der Waals surface area contributed by atoms with E-state index in [9.17, 15) is 14.4 Å². The largest absolute Gasteiger partial charge is 0.449 e. The summed E-state index contributed by atoms with van der Waals surface area (Å²) >= 11 is 3.31. The molecule has 0 radical (unpaired) electrons. The van der Waals surface area contributed by atoms with Crippen LogP contribution in [0.25, 0.3) is 10.2 Å².